The van der Waals surface area contributed by atoms with Gasteiger partial charge in [0.05, 0.1) is 16.7 Å². The SMILES string of the molecule is c1cc(-c2ccc(N(c3ccc(-c4ccc5ccccc5c4)cc3)c3ccccc3-c3cccc4sc5ccccc5c34)cc2)cc(-n2c3ccccc3c3ccccc32)c1. The van der Waals surface area contributed by atoms with Gasteiger partial charge in [-0.05, 0) is 111 Å². The standard InChI is InChI=1S/C58H38N2S/c1-2-14-42-37-44(28-27-39(42)13-1)41-31-35-46(36-32-41)59(53-22-7-5-19-50(53)51-21-12-26-57-58(51)52-20-6-10-25-56(52)61-57)45-33-29-40(30-34-45)43-15-11-16-47(38-43)60-54-23-8-3-17-48(54)49-18-4-9-24-55(49)60/h1-38H. The number of hydrogen-bond acceptors (Lipinski definition) is 2. The Morgan fingerprint density at radius 2 is 0.885 bits per heavy atom. The minimum Gasteiger partial charge on any atom is -0.310 e. The molecule has 0 bridgehead atoms. The fraction of sp³-hybridized carbons (Fsp3) is 0. The lowest BCUT2D eigenvalue weighted by Gasteiger charge is -2.28. The molecule has 0 aliphatic rings. The van der Waals surface area contributed by atoms with Gasteiger partial charge in [0.25, 0.3) is 0 Å². The number of benzene rings is 10. The number of rotatable bonds is 7. The van der Waals surface area contributed by atoms with E-state index in [1.54, 1.807) is 0 Å². The van der Waals surface area contributed by atoms with Crippen molar-refractivity contribution in [2.75, 3.05) is 4.90 Å². The third-order valence-electron chi connectivity index (χ3n) is 12.2. The van der Waals surface area contributed by atoms with Gasteiger partial charge in [-0.1, -0.05) is 158 Å². The third kappa shape index (κ3) is 6.01. The van der Waals surface area contributed by atoms with Gasteiger partial charge in [-0.2, -0.15) is 0 Å². The van der Waals surface area contributed by atoms with Crippen molar-refractivity contribution in [3.63, 3.8) is 0 Å². The Hall–Kier alpha value is -7.72. The number of aromatic nitrogens is 1. The van der Waals surface area contributed by atoms with Gasteiger partial charge in [-0.3, -0.25) is 0 Å². The molecule has 12 aromatic rings. The molecule has 2 aromatic heterocycles. The number of para-hydroxylation sites is 3. The minimum atomic E-state index is 1.09. The van der Waals surface area contributed by atoms with Crippen LogP contribution in [0.4, 0.5) is 17.1 Å². The molecule has 0 saturated carbocycles. The number of thiophene rings is 1. The van der Waals surface area contributed by atoms with Crippen LogP contribution >= 0.6 is 11.3 Å². The monoisotopic (exact) mass is 794 g/mol. The summed E-state index contributed by atoms with van der Waals surface area (Å²) in [6, 6.07) is 84.2. The summed E-state index contributed by atoms with van der Waals surface area (Å²) in [5, 5.41) is 7.63. The van der Waals surface area contributed by atoms with E-state index in [1.165, 1.54) is 86.1 Å². The molecule has 2 heterocycles. The first-order valence-corrected chi connectivity index (χ1v) is 21.6. The molecule has 10 aromatic carbocycles. The van der Waals surface area contributed by atoms with Crippen molar-refractivity contribution >= 4 is 81.1 Å². The van der Waals surface area contributed by atoms with Gasteiger partial charge in [-0.25, -0.2) is 0 Å². The lowest BCUT2D eigenvalue weighted by atomic mass is 9.96. The molecule has 3 heteroatoms. The van der Waals surface area contributed by atoms with Crippen LogP contribution in [0.3, 0.4) is 0 Å². The summed E-state index contributed by atoms with van der Waals surface area (Å²) in [6.07, 6.45) is 0. The number of hydrogen-bond donors (Lipinski definition) is 0. The highest BCUT2D eigenvalue weighted by Crippen LogP contribution is 2.46. The first-order valence-electron chi connectivity index (χ1n) is 20.8. The van der Waals surface area contributed by atoms with Crippen LogP contribution < -0.4 is 4.90 Å². The van der Waals surface area contributed by atoms with Gasteiger partial charge in [0.15, 0.2) is 0 Å². The van der Waals surface area contributed by atoms with Gasteiger partial charge < -0.3 is 9.47 Å². The lowest BCUT2D eigenvalue weighted by molar-refractivity contribution is 1.18. The van der Waals surface area contributed by atoms with Gasteiger partial charge in [-0.15, -0.1) is 11.3 Å². The second-order valence-electron chi connectivity index (χ2n) is 15.7. The van der Waals surface area contributed by atoms with Crippen molar-refractivity contribution in [2.24, 2.45) is 0 Å². The molecular formula is C58H38N2S. The Morgan fingerprint density at radius 3 is 1.62 bits per heavy atom. The highest BCUT2D eigenvalue weighted by molar-refractivity contribution is 7.25. The molecule has 0 fully saturated rings. The average molecular weight is 795 g/mol. The maximum Gasteiger partial charge on any atom is 0.0541 e. The van der Waals surface area contributed by atoms with E-state index in [0.717, 1.165) is 22.7 Å². The summed E-state index contributed by atoms with van der Waals surface area (Å²) in [7, 11) is 0. The van der Waals surface area contributed by atoms with Crippen molar-refractivity contribution in [3.8, 4) is 39.1 Å². The normalized spacial score (nSPS) is 11.6. The van der Waals surface area contributed by atoms with Gasteiger partial charge in [0.1, 0.15) is 0 Å². The minimum absolute atomic E-state index is 1.09. The van der Waals surface area contributed by atoms with E-state index in [9.17, 15) is 0 Å². The molecule has 0 radical (unpaired) electrons. The topological polar surface area (TPSA) is 8.17 Å². The van der Waals surface area contributed by atoms with Crippen LogP contribution in [-0.2, 0) is 0 Å². The van der Waals surface area contributed by atoms with Crippen molar-refractivity contribution in [2.45, 2.75) is 0 Å². The largest absolute Gasteiger partial charge is 0.310 e. The highest BCUT2D eigenvalue weighted by atomic mass is 32.1. The highest BCUT2D eigenvalue weighted by Gasteiger charge is 2.20. The molecule has 0 amide bonds. The maximum absolute atomic E-state index is 2.42. The summed E-state index contributed by atoms with van der Waals surface area (Å²) < 4.78 is 4.99. The molecule has 0 N–H and O–H groups in total. The molecule has 0 aliphatic heterocycles. The van der Waals surface area contributed by atoms with Crippen molar-refractivity contribution in [1.82, 2.24) is 4.57 Å². The Balaban J connectivity index is 0.984. The van der Waals surface area contributed by atoms with Crippen molar-refractivity contribution < 1.29 is 0 Å². The fourth-order valence-corrected chi connectivity index (χ4v) is 10.5. The summed E-state index contributed by atoms with van der Waals surface area (Å²) >= 11 is 1.86. The second kappa shape index (κ2) is 14.5. The predicted octanol–water partition coefficient (Wildman–Crippen LogP) is 16.8. The summed E-state index contributed by atoms with van der Waals surface area (Å²) in [6.45, 7) is 0. The van der Waals surface area contributed by atoms with E-state index in [1.807, 2.05) is 11.3 Å². The lowest BCUT2D eigenvalue weighted by Crippen LogP contribution is -2.11. The van der Waals surface area contributed by atoms with E-state index in [-0.39, 0.29) is 0 Å². The Bertz CT molecular complexity index is 3540. The molecule has 0 unspecified atom stereocenters. The quantitative estimate of drug-likeness (QED) is 0.156. The molecular weight excluding hydrogens is 757 g/mol. The molecule has 61 heavy (non-hydrogen) atoms. The fourth-order valence-electron chi connectivity index (χ4n) is 9.32. The van der Waals surface area contributed by atoms with E-state index in [0.29, 0.717) is 0 Å². The van der Waals surface area contributed by atoms with Crippen molar-refractivity contribution in [3.05, 3.63) is 231 Å². The van der Waals surface area contributed by atoms with Crippen LogP contribution in [0.2, 0.25) is 0 Å². The molecule has 0 aliphatic carbocycles. The number of anilines is 3. The zero-order chi connectivity index (χ0) is 40.3. The summed E-state index contributed by atoms with van der Waals surface area (Å²) in [4.78, 5) is 2.42. The summed E-state index contributed by atoms with van der Waals surface area (Å²) in [5.74, 6) is 0. The van der Waals surface area contributed by atoms with Crippen LogP contribution in [0.25, 0.3) is 91.8 Å². The summed E-state index contributed by atoms with van der Waals surface area (Å²) in [5.41, 5.74) is 14.1. The first kappa shape index (κ1) is 35.2. The Morgan fingerprint density at radius 1 is 0.344 bits per heavy atom. The Kier molecular flexibility index (Phi) is 8.39. The molecule has 286 valence electrons. The van der Waals surface area contributed by atoms with E-state index < -0.39 is 0 Å². The first-order chi connectivity index (χ1) is 30.2. The second-order valence-corrected chi connectivity index (χ2v) is 16.8. The molecule has 0 atom stereocenters. The Labute approximate surface area is 358 Å². The zero-order valence-electron chi connectivity index (χ0n) is 33.2. The van der Waals surface area contributed by atoms with E-state index in [4.69, 9.17) is 0 Å². The maximum atomic E-state index is 2.42. The number of fused-ring (bicyclic) bond motifs is 7. The van der Waals surface area contributed by atoms with Crippen LogP contribution in [-0.4, -0.2) is 4.57 Å². The van der Waals surface area contributed by atoms with Crippen LogP contribution in [0.5, 0.6) is 0 Å². The van der Waals surface area contributed by atoms with Crippen LogP contribution in [0, 0.1) is 0 Å². The average Bonchev–Trinajstić information content (AvgIpc) is 3.88. The predicted molar refractivity (Wildman–Crippen MR) is 262 cm³/mol. The smallest absolute Gasteiger partial charge is 0.0541 e. The molecule has 0 saturated heterocycles. The zero-order valence-corrected chi connectivity index (χ0v) is 34.1. The van der Waals surface area contributed by atoms with E-state index >= 15 is 0 Å². The van der Waals surface area contributed by atoms with Gasteiger partial charge in [0, 0.05) is 53.6 Å². The van der Waals surface area contributed by atoms with Crippen LogP contribution in [0.1, 0.15) is 0 Å². The van der Waals surface area contributed by atoms with Gasteiger partial charge >= 0.3 is 0 Å². The van der Waals surface area contributed by atoms with Crippen LogP contribution in [0.15, 0.2) is 231 Å². The molecule has 2 nitrogen and oxygen atoms in total. The number of nitrogens with zero attached hydrogens (tertiary/aromatic N) is 2. The molecule has 12 rings (SSSR count). The third-order valence-corrected chi connectivity index (χ3v) is 13.3. The van der Waals surface area contributed by atoms with Crippen molar-refractivity contribution in [1.29, 1.82) is 0 Å². The van der Waals surface area contributed by atoms with Gasteiger partial charge in [0.2, 0.25) is 0 Å². The molecule has 0 spiro atoms. The van der Waals surface area contributed by atoms with E-state index in [2.05, 4.69) is 240 Å².